The van der Waals surface area contributed by atoms with Crippen LogP contribution in [0.15, 0.2) is 29.2 Å². The van der Waals surface area contributed by atoms with E-state index in [1.807, 2.05) is 0 Å². The van der Waals surface area contributed by atoms with Gasteiger partial charge in [-0.15, -0.1) is 0 Å². The molecule has 1 aromatic carbocycles. The van der Waals surface area contributed by atoms with E-state index in [0.29, 0.717) is 26.0 Å². The summed E-state index contributed by atoms with van der Waals surface area (Å²) in [6, 6.07) is 4.37. The summed E-state index contributed by atoms with van der Waals surface area (Å²) in [5.41, 5.74) is -2.12. The van der Waals surface area contributed by atoms with Crippen LogP contribution in [0.4, 0.5) is 4.39 Å². The predicted molar refractivity (Wildman–Crippen MR) is 112 cm³/mol. The summed E-state index contributed by atoms with van der Waals surface area (Å²) in [6.45, 7) is 0.678. The van der Waals surface area contributed by atoms with Crippen LogP contribution in [0.1, 0.15) is 39.3 Å². The Morgan fingerprint density at radius 1 is 1.36 bits per heavy atom. The maximum Gasteiger partial charge on any atom is 1.00 e. The molecule has 8 nitrogen and oxygen atoms in total. The SMILES string of the molecule is COCC1CC2(C1)CN(C)C(=O)c1c([O-])c(=O)c(C(=O)NCc3cccc(Cl)c3F)cn12.[Na+]. The number of halogens is 2. The van der Waals surface area contributed by atoms with Crippen molar-refractivity contribution >= 4 is 23.4 Å². The topological polar surface area (TPSA) is 104 Å². The Labute approximate surface area is 217 Å². The molecular weight excluding hydrogens is 464 g/mol. The van der Waals surface area contributed by atoms with Gasteiger partial charge in [0.25, 0.3) is 11.8 Å². The van der Waals surface area contributed by atoms with Gasteiger partial charge in [-0.2, -0.15) is 0 Å². The van der Waals surface area contributed by atoms with Crippen molar-refractivity contribution in [2.24, 2.45) is 5.92 Å². The fourth-order valence-electron chi connectivity index (χ4n) is 4.75. The number of aromatic nitrogens is 1. The molecule has 1 fully saturated rings. The number of hydrogen-bond acceptors (Lipinski definition) is 5. The van der Waals surface area contributed by atoms with Crippen molar-refractivity contribution in [1.82, 2.24) is 14.8 Å². The van der Waals surface area contributed by atoms with Crippen LogP contribution in [0.3, 0.4) is 0 Å². The average molecular weight is 486 g/mol. The monoisotopic (exact) mass is 485 g/mol. The van der Waals surface area contributed by atoms with E-state index in [2.05, 4.69) is 5.32 Å². The Kier molecular flexibility index (Phi) is 7.60. The molecule has 170 valence electrons. The molecule has 0 bridgehead atoms. The minimum absolute atomic E-state index is 0. The van der Waals surface area contributed by atoms with Crippen LogP contribution < -0.4 is 45.4 Å². The van der Waals surface area contributed by atoms with Crippen LogP contribution in [-0.4, -0.2) is 48.6 Å². The second-order valence-electron chi connectivity index (χ2n) is 8.43. The molecule has 2 amide bonds. The Balaban J connectivity index is 0.00000306. The molecule has 0 unspecified atom stereocenters. The van der Waals surface area contributed by atoms with Gasteiger partial charge >= 0.3 is 29.6 Å². The zero-order chi connectivity index (χ0) is 23.2. The van der Waals surface area contributed by atoms with E-state index < -0.39 is 34.3 Å². The van der Waals surface area contributed by atoms with Gasteiger partial charge in [-0.25, -0.2) is 4.39 Å². The first-order valence-electron chi connectivity index (χ1n) is 10.1. The summed E-state index contributed by atoms with van der Waals surface area (Å²) >= 11 is 5.76. The molecule has 2 aromatic rings. The van der Waals surface area contributed by atoms with Crippen molar-refractivity contribution in [3.8, 4) is 5.75 Å². The summed E-state index contributed by atoms with van der Waals surface area (Å²) < 4.78 is 20.8. The van der Waals surface area contributed by atoms with Crippen molar-refractivity contribution in [3.05, 3.63) is 62.3 Å². The number of benzene rings is 1. The van der Waals surface area contributed by atoms with Crippen molar-refractivity contribution in [1.29, 1.82) is 0 Å². The van der Waals surface area contributed by atoms with Gasteiger partial charge in [0.15, 0.2) is 5.43 Å². The van der Waals surface area contributed by atoms with Gasteiger partial charge in [-0.1, -0.05) is 23.7 Å². The fourth-order valence-corrected chi connectivity index (χ4v) is 4.94. The summed E-state index contributed by atoms with van der Waals surface area (Å²) in [5.74, 6) is -2.82. The van der Waals surface area contributed by atoms with Crippen LogP contribution in [-0.2, 0) is 16.8 Å². The normalized spacial score (nSPS) is 21.3. The van der Waals surface area contributed by atoms with Gasteiger partial charge in [0, 0.05) is 45.6 Å². The van der Waals surface area contributed by atoms with E-state index in [1.54, 1.807) is 14.2 Å². The number of carbonyl (C=O) groups excluding carboxylic acids is 2. The molecule has 1 aromatic heterocycles. The molecule has 1 spiro atoms. The minimum Gasteiger partial charge on any atom is -0.868 e. The van der Waals surface area contributed by atoms with Gasteiger partial charge in [0.2, 0.25) is 0 Å². The Morgan fingerprint density at radius 2 is 2.06 bits per heavy atom. The molecule has 1 aliphatic carbocycles. The molecule has 0 saturated heterocycles. The van der Waals surface area contributed by atoms with Gasteiger partial charge < -0.3 is 24.6 Å². The van der Waals surface area contributed by atoms with Gasteiger partial charge in [-0.05, 0) is 30.6 Å². The molecule has 1 saturated carbocycles. The molecule has 0 radical (unpaired) electrons. The van der Waals surface area contributed by atoms with Crippen LogP contribution in [0.5, 0.6) is 5.75 Å². The molecule has 4 rings (SSSR count). The van der Waals surface area contributed by atoms with Crippen molar-refractivity contribution in [3.63, 3.8) is 0 Å². The van der Waals surface area contributed by atoms with Crippen LogP contribution >= 0.6 is 11.6 Å². The van der Waals surface area contributed by atoms with Gasteiger partial charge in [0.1, 0.15) is 17.1 Å². The molecular formula is C22H22ClFN3NaO5. The number of nitrogens with zero attached hydrogens (tertiary/aromatic N) is 2. The Morgan fingerprint density at radius 3 is 2.73 bits per heavy atom. The van der Waals surface area contributed by atoms with Gasteiger partial charge in [0.05, 0.1) is 10.6 Å². The molecule has 2 aliphatic rings. The number of pyridine rings is 1. The van der Waals surface area contributed by atoms with Crippen molar-refractivity contribution in [2.75, 3.05) is 27.3 Å². The summed E-state index contributed by atoms with van der Waals surface area (Å²) in [4.78, 5) is 39.6. The number of carbonyl (C=O) groups is 2. The molecule has 11 heteroatoms. The number of ether oxygens (including phenoxy) is 1. The number of rotatable bonds is 5. The summed E-state index contributed by atoms with van der Waals surface area (Å²) in [7, 11) is 3.19. The number of amides is 2. The Hall–Kier alpha value is -1.91. The third kappa shape index (κ3) is 4.44. The maximum atomic E-state index is 14.1. The minimum atomic E-state index is -1.06. The first-order chi connectivity index (χ1) is 15.2. The van der Waals surface area contributed by atoms with Crippen molar-refractivity contribution in [2.45, 2.75) is 24.9 Å². The van der Waals surface area contributed by atoms with Crippen LogP contribution in [0.25, 0.3) is 0 Å². The van der Waals surface area contributed by atoms with E-state index in [1.165, 1.54) is 33.9 Å². The van der Waals surface area contributed by atoms with Gasteiger partial charge in [-0.3, -0.25) is 14.4 Å². The van der Waals surface area contributed by atoms with Crippen LogP contribution in [0.2, 0.25) is 5.02 Å². The molecule has 1 N–H and O–H groups in total. The molecule has 2 heterocycles. The number of likely N-dealkylation sites (N-methyl/N-ethyl adjacent to an activating group) is 1. The number of hydrogen-bond donors (Lipinski definition) is 1. The quantitative estimate of drug-likeness (QED) is 0.518. The Bertz CT molecular complexity index is 1170. The second kappa shape index (κ2) is 9.76. The van der Waals surface area contributed by atoms with E-state index in [9.17, 15) is 23.9 Å². The second-order valence-corrected chi connectivity index (χ2v) is 8.84. The first-order valence-corrected chi connectivity index (χ1v) is 10.5. The van der Waals surface area contributed by atoms with E-state index in [0.717, 1.165) is 0 Å². The first kappa shape index (κ1) is 25.7. The smallest absolute Gasteiger partial charge is 0.868 e. The molecule has 33 heavy (non-hydrogen) atoms. The zero-order valence-electron chi connectivity index (χ0n) is 18.6. The third-order valence-corrected chi connectivity index (χ3v) is 6.50. The number of nitrogens with one attached hydrogen (secondary N) is 1. The fraction of sp³-hybridized carbons (Fsp3) is 0.409. The van der Waals surface area contributed by atoms with Crippen LogP contribution in [0, 0.1) is 11.7 Å². The van der Waals surface area contributed by atoms with Crippen molar-refractivity contribution < 1.29 is 53.4 Å². The van der Waals surface area contributed by atoms with E-state index in [4.69, 9.17) is 16.3 Å². The molecule has 1 aliphatic heterocycles. The van der Waals surface area contributed by atoms with E-state index >= 15 is 0 Å². The standard InChI is InChI=1S/C22H23ClFN3O5.Na/c1-26-11-22(6-12(7-22)10-32-2)27-9-14(18(28)19(29)17(27)21(26)31)20(30)25-8-13-4-3-5-15(23)16(13)24;/h3-5,9,12,29H,6-8,10-11H2,1-2H3,(H,25,30);/q;+1/p-1. The molecule has 0 atom stereocenters. The maximum absolute atomic E-state index is 14.1. The largest absolute Gasteiger partial charge is 1.00 e. The third-order valence-electron chi connectivity index (χ3n) is 6.21. The zero-order valence-corrected chi connectivity index (χ0v) is 21.4. The average Bonchev–Trinajstić information content (AvgIpc) is 2.73. The number of methoxy groups -OCH3 is 1. The summed E-state index contributed by atoms with van der Waals surface area (Å²) in [6.07, 6.45) is 2.57. The number of fused-ring (bicyclic) bond motifs is 2. The summed E-state index contributed by atoms with van der Waals surface area (Å²) in [5, 5.41) is 15.2. The predicted octanol–water partition coefficient (Wildman–Crippen LogP) is -1.51. The van der Waals surface area contributed by atoms with E-state index in [-0.39, 0.29) is 63.9 Å².